The van der Waals surface area contributed by atoms with E-state index >= 15 is 0 Å². The molecule has 5 N–H and O–H groups in total. The SMILES string of the molecule is CC(/C=C/C(=O)NO)=C\[C@H](C)C(=O)c1ccc(N(C)c2cccc(NC(=O)CCCCCCC(=O)NO)c2)cc1. The fourth-order valence-corrected chi connectivity index (χ4v) is 4.03. The van der Waals surface area contributed by atoms with Crippen LogP contribution in [0.15, 0.2) is 72.3 Å². The molecule has 10 heteroatoms. The zero-order chi connectivity index (χ0) is 29.5. The Morgan fingerprint density at radius 3 is 2.12 bits per heavy atom. The van der Waals surface area contributed by atoms with Crippen molar-refractivity contribution in [2.75, 3.05) is 17.3 Å². The highest BCUT2D eigenvalue weighted by Crippen LogP contribution is 2.27. The van der Waals surface area contributed by atoms with Crippen LogP contribution < -0.4 is 21.2 Å². The molecule has 2 aromatic carbocycles. The van der Waals surface area contributed by atoms with Crippen LogP contribution >= 0.6 is 0 Å². The van der Waals surface area contributed by atoms with Crippen molar-refractivity contribution in [2.45, 2.75) is 52.4 Å². The van der Waals surface area contributed by atoms with Gasteiger partial charge >= 0.3 is 0 Å². The third kappa shape index (κ3) is 10.8. The lowest BCUT2D eigenvalue weighted by Gasteiger charge is -2.21. The van der Waals surface area contributed by atoms with E-state index in [1.165, 1.54) is 17.6 Å². The number of hydrogen-bond donors (Lipinski definition) is 5. The monoisotopic (exact) mass is 550 g/mol. The number of Topliss-reactive ketones (excluding diaryl/α,β-unsaturated/α-hetero) is 1. The minimum atomic E-state index is -0.643. The van der Waals surface area contributed by atoms with Gasteiger partial charge in [0.15, 0.2) is 5.78 Å². The molecule has 0 aliphatic heterocycles. The maximum absolute atomic E-state index is 12.9. The van der Waals surface area contributed by atoms with Crippen LogP contribution in [-0.4, -0.2) is 41.0 Å². The molecule has 40 heavy (non-hydrogen) atoms. The van der Waals surface area contributed by atoms with Gasteiger partial charge in [0.2, 0.25) is 11.8 Å². The van der Waals surface area contributed by atoms with E-state index in [0.29, 0.717) is 30.5 Å². The second kappa shape index (κ2) is 16.6. The first-order valence-corrected chi connectivity index (χ1v) is 13.2. The predicted molar refractivity (Wildman–Crippen MR) is 154 cm³/mol. The van der Waals surface area contributed by atoms with E-state index in [1.54, 1.807) is 37.5 Å². The summed E-state index contributed by atoms with van der Waals surface area (Å²) in [5.41, 5.74) is 6.82. The Hall–Kier alpha value is -4.28. The summed E-state index contributed by atoms with van der Waals surface area (Å²) < 4.78 is 0. The van der Waals surface area contributed by atoms with Crippen molar-refractivity contribution in [1.82, 2.24) is 11.0 Å². The number of hydrogen-bond acceptors (Lipinski definition) is 7. The summed E-state index contributed by atoms with van der Waals surface area (Å²) in [7, 11) is 1.90. The van der Waals surface area contributed by atoms with E-state index in [9.17, 15) is 19.2 Å². The predicted octanol–water partition coefficient (Wildman–Crippen LogP) is 5.07. The zero-order valence-electron chi connectivity index (χ0n) is 23.1. The molecule has 0 radical (unpaired) electrons. The Labute approximate surface area is 234 Å². The van der Waals surface area contributed by atoms with Gasteiger partial charge in [-0.05, 0) is 62.2 Å². The van der Waals surface area contributed by atoms with Gasteiger partial charge in [-0.3, -0.25) is 29.6 Å². The van der Waals surface area contributed by atoms with Crippen LogP contribution in [0.3, 0.4) is 0 Å². The quantitative estimate of drug-likeness (QED) is 0.0519. The third-order valence-electron chi connectivity index (χ3n) is 6.27. The van der Waals surface area contributed by atoms with Crippen LogP contribution in [0, 0.1) is 5.92 Å². The highest BCUT2D eigenvalue weighted by Gasteiger charge is 2.14. The van der Waals surface area contributed by atoms with Crippen molar-refractivity contribution in [1.29, 1.82) is 0 Å². The van der Waals surface area contributed by atoms with Gasteiger partial charge in [0.1, 0.15) is 0 Å². The molecule has 214 valence electrons. The Morgan fingerprint density at radius 2 is 1.50 bits per heavy atom. The van der Waals surface area contributed by atoms with Crippen LogP contribution in [0.1, 0.15) is 62.7 Å². The summed E-state index contributed by atoms with van der Waals surface area (Å²) in [6, 6.07) is 14.7. The van der Waals surface area contributed by atoms with E-state index in [0.717, 1.165) is 29.8 Å². The number of amides is 3. The lowest BCUT2D eigenvalue weighted by atomic mass is 9.97. The van der Waals surface area contributed by atoms with Gasteiger partial charge in [-0.25, -0.2) is 11.0 Å². The standard InChI is InChI=1S/C30H38N4O6/c1-21(13-18-29(37)33-40)19-22(2)30(38)23-14-16-25(17-15-23)34(3)26-10-8-9-24(20-26)31-27(35)11-6-4-5-7-12-28(36)32-39/h8-10,13-20,22,39-40H,4-7,11-12H2,1-3H3,(H,31,35)(H,32,36)(H,33,37)/b18-13+,21-19+/t22-/m0/s1. The second-order valence-electron chi connectivity index (χ2n) is 9.53. The number of allylic oxidation sites excluding steroid dienone is 3. The Balaban J connectivity index is 1.92. The third-order valence-corrected chi connectivity index (χ3v) is 6.27. The van der Waals surface area contributed by atoms with E-state index in [4.69, 9.17) is 10.4 Å². The molecule has 2 rings (SSSR count). The smallest absolute Gasteiger partial charge is 0.267 e. The first kappa shape index (κ1) is 31.9. The Bertz CT molecular complexity index is 1220. The molecule has 2 aromatic rings. The van der Waals surface area contributed by atoms with E-state index < -0.39 is 17.7 Å². The average Bonchev–Trinajstić information content (AvgIpc) is 2.96. The van der Waals surface area contributed by atoms with Gasteiger partial charge in [-0.1, -0.05) is 43.6 Å². The van der Waals surface area contributed by atoms with Crippen molar-refractivity contribution in [3.8, 4) is 0 Å². The number of anilines is 3. The molecule has 0 fully saturated rings. The van der Waals surface area contributed by atoms with Gasteiger partial charge in [-0.15, -0.1) is 0 Å². The van der Waals surface area contributed by atoms with Gasteiger partial charge in [-0.2, -0.15) is 0 Å². The van der Waals surface area contributed by atoms with Gasteiger partial charge in [0.05, 0.1) is 0 Å². The summed E-state index contributed by atoms with van der Waals surface area (Å²) in [5.74, 6) is -1.59. The molecule has 0 unspecified atom stereocenters. The van der Waals surface area contributed by atoms with Crippen molar-refractivity contribution < 1.29 is 29.6 Å². The molecule has 10 nitrogen and oxygen atoms in total. The van der Waals surface area contributed by atoms with Crippen LogP contribution in [0.5, 0.6) is 0 Å². The minimum absolute atomic E-state index is 0.0612. The molecule has 3 amide bonds. The molecule has 0 aliphatic carbocycles. The van der Waals surface area contributed by atoms with Gasteiger partial charge in [0, 0.05) is 54.5 Å². The Morgan fingerprint density at radius 1 is 0.850 bits per heavy atom. The molecule has 0 aliphatic rings. The van der Waals surface area contributed by atoms with E-state index in [-0.39, 0.29) is 18.1 Å². The maximum Gasteiger partial charge on any atom is 0.267 e. The number of nitrogens with zero attached hydrogens (tertiary/aromatic N) is 1. The normalized spacial score (nSPS) is 12.1. The molecule has 0 saturated heterocycles. The van der Waals surface area contributed by atoms with Crippen molar-refractivity contribution in [3.63, 3.8) is 0 Å². The molecule has 0 aromatic heterocycles. The zero-order valence-corrected chi connectivity index (χ0v) is 23.1. The lowest BCUT2D eigenvalue weighted by molar-refractivity contribution is -0.129. The molecular weight excluding hydrogens is 512 g/mol. The number of ketones is 1. The molecule has 0 saturated carbocycles. The van der Waals surface area contributed by atoms with Crippen molar-refractivity contribution in [3.05, 3.63) is 77.9 Å². The molecule has 0 bridgehead atoms. The number of hydroxylamine groups is 2. The summed E-state index contributed by atoms with van der Waals surface area (Å²) in [6.45, 7) is 3.55. The number of benzene rings is 2. The fraction of sp³-hybridized carbons (Fsp3) is 0.333. The van der Waals surface area contributed by atoms with Gasteiger partial charge in [0.25, 0.3) is 5.91 Å². The number of nitrogens with one attached hydrogen (secondary N) is 3. The highest BCUT2D eigenvalue weighted by molar-refractivity contribution is 5.99. The number of unbranched alkanes of at least 4 members (excludes halogenated alkanes) is 3. The second-order valence-corrected chi connectivity index (χ2v) is 9.53. The molecule has 0 spiro atoms. The first-order chi connectivity index (χ1) is 19.1. The van der Waals surface area contributed by atoms with E-state index in [1.807, 2.05) is 48.3 Å². The minimum Gasteiger partial charge on any atom is -0.345 e. The molecular formula is C30H38N4O6. The van der Waals surface area contributed by atoms with E-state index in [2.05, 4.69) is 5.32 Å². The fourth-order valence-electron chi connectivity index (χ4n) is 4.03. The molecule has 0 heterocycles. The lowest BCUT2D eigenvalue weighted by Crippen LogP contribution is -2.17. The number of rotatable bonds is 15. The van der Waals surface area contributed by atoms with Crippen LogP contribution in [0.2, 0.25) is 0 Å². The van der Waals surface area contributed by atoms with Crippen LogP contribution in [0.25, 0.3) is 0 Å². The van der Waals surface area contributed by atoms with Crippen molar-refractivity contribution in [2.24, 2.45) is 5.92 Å². The number of carbonyl (C=O) groups excluding carboxylic acids is 4. The summed E-state index contributed by atoms with van der Waals surface area (Å²) >= 11 is 0. The maximum atomic E-state index is 12.9. The Kier molecular flexibility index (Phi) is 13.3. The van der Waals surface area contributed by atoms with Crippen molar-refractivity contribution >= 4 is 40.6 Å². The first-order valence-electron chi connectivity index (χ1n) is 13.2. The summed E-state index contributed by atoms with van der Waals surface area (Å²) in [5, 5.41) is 20.0. The average molecular weight is 551 g/mol. The summed E-state index contributed by atoms with van der Waals surface area (Å²) in [4.78, 5) is 49.3. The largest absolute Gasteiger partial charge is 0.345 e. The number of carbonyl (C=O) groups is 4. The van der Waals surface area contributed by atoms with Crippen LogP contribution in [-0.2, 0) is 14.4 Å². The highest BCUT2D eigenvalue weighted by atomic mass is 16.5. The van der Waals surface area contributed by atoms with Gasteiger partial charge < -0.3 is 10.2 Å². The topological polar surface area (TPSA) is 148 Å². The van der Waals surface area contributed by atoms with Crippen LogP contribution in [0.4, 0.5) is 17.1 Å². The summed E-state index contributed by atoms with van der Waals surface area (Å²) in [6.07, 6.45) is 8.11. The molecule has 1 atom stereocenters.